The molecular formula is C17H28ClN3. The first kappa shape index (κ1) is 16.6. The summed E-state index contributed by atoms with van der Waals surface area (Å²) in [6.07, 6.45) is 1.17. The minimum Gasteiger partial charge on any atom is -0.378 e. The second-order valence-corrected chi connectivity index (χ2v) is 6.62. The summed E-state index contributed by atoms with van der Waals surface area (Å²) >= 11 is 6.62. The number of nitrogens with one attached hydrogen (secondary N) is 1. The molecule has 0 saturated carbocycles. The third-order valence-corrected chi connectivity index (χ3v) is 4.87. The first-order valence-electron chi connectivity index (χ1n) is 7.96. The molecule has 1 N–H and O–H groups in total. The number of halogens is 1. The lowest BCUT2D eigenvalue weighted by atomic mass is 9.90. The average Bonchev–Trinajstić information content (AvgIpc) is 2.49. The van der Waals surface area contributed by atoms with Crippen molar-refractivity contribution >= 4 is 17.3 Å². The van der Waals surface area contributed by atoms with E-state index in [0.29, 0.717) is 12.0 Å². The van der Waals surface area contributed by atoms with Gasteiger partial charge in [-0.3, -0.25) is 4.90 Å². The largest absolute Gasteiger partial charge is 0.378 e. The Morgan fingerprint density at radius 3 is 2.48 bits per heavy atom. The highest BCUT2D eigenvalue weighted by Crippen LogP contribution is 2.36. The van der Waals surface area contributed by atoms with Crippen LogP contribution in [0.3, 0.4) is 0 Å². The third-order valence-electron chi connectivity index (χ3n) is 4.55. The molecule has 0 bridgehead atoms. The maximum atomic E-state index is 6.62. The van der Waals surface area contributed by atoms with E-state index < -0.39 is 0 Å². The Labute approximate surface area is 134 Å². The van der Waals surface area contributed by atoms with Gasteiger partial charge in [-0.2, -0.15) is 0 Å². The van der Waals surface area contributed by atoms with Crippen LogP contribution in [-0.4, -0.2) is 45.2 Å². The Bertz CT molecular complexity index is 455. The molecule has 1 aliphatic heterocycles. The Morgan fingerprint density at radius 1 is 1.29 bits per heavy atom. The lowest BCUT2D eigenvalue weighted by molar-refractivity contribution is 0.128. The van der Waals surface area contributed by atoms with Gasteiger partial charge in [0.1, 0.15) is 0 Å². The second-order valence-electron chi connectivity index (χ2n) is 6.22. The van der Waals surface area contributed by atoms with Crippen LogP contribution in [0.2, 0.25) is 5.02 Å². The first-order valence-corrected chi connectivity index (χ1v) is 8.34. The average molecular weight is 310 g/mol. The van der Waals surface area contributed by atoms with Gasteiger partial charge in [0.2, 0.25) is 0 Å². The topological polar surface area (TPSA) is 18.5 Å². The van der Waals surface area contributed by atoms with Crippen LogP contribution in [0.4, 0.5) is 5.69 Å². The number of benzene rings is 1. The van der Waals surface area contributed by atoms with Crippen molar-refractivity contribution in [3.8, 4) is 0 Å². The van der Waals surface area contributed by atoms with Crippen LogP contribution in [0, 0.1) is 5.92 Å². The SMILES string of the molecule is CCC(C)[C@H](c1ccc(N(C)C)cc1Cl)N1CCNCC1. The Balaban J connectivity index is 2.31. The highest BCUT2D eigenvalue weighted by atomic mass is 35.5. The Morgan fingerprint density at radius 2 is 1.95 bits per heavy atom. The minimum absolute atomic E-state index is 0.417. The van der Waals surface area contributed by atoms with Gasteiger partial charge in [-0.15, -0.1) is 0 Å². The van der Waals surface area contributed by atoms with Crippen LogP contribution >= 0.6 is 11.6 Å². The van der Waals surface area contributed by atoms with E-state index in [1.165, 1.54) is 12.0 Å². The van der Waals surface area contributed by atoms with E-state index in [2.05, 4.69) is 47.2 Å². The summed E-state index contributed by atoms with van der Waals surface area (Å²) in [6, 6.07) is 6.91. The minimum atomic E-state index is 0.417. The van der Waals surface area contributed by atoms with E-state index in [-0.39, 0.29) is 0 Å². The van der Waals surface area contributed by atoms with Crippen LogP contribution in [0.5, 0.6) is 0 Å². The molecule has 1 heterocycles. The molecule has 1 aliphatic rings. The number of piperazine rings is 1. The molecule has 0 amide bonds. The first-order chi connectivity index (χ1) is 10.0. The van der Waals surface area contributed by atoms with E-state index in [1.54, 1.807) is 0 Å². The summed E-state index contributed by atoms with van der Waals surface area (Å²) in [6.45, 7) is 8.94. The number of hydrogen-bond acceptors (Lipinski definition) is 3. The summed E-state index contributed by atoms with van der Waals surface area (Å²) in [5, 5.41) is 4.33. The standard InChI is InChI=1S/C17H28ClN3/c1-5-13(2)17(21-10-8-19-9-11-21)15-7-6-14(20(3)4)12-16(15)18/h6-7,12-13,17,19H,5,8-11H2,1-4H3/t13?,17-/m1/s1. The molecule has 3 nitrogen and oxygen atoms in total. The summed E-state index contributed by atoms with van der Waals surface area (Å²) in [5.74, 6) is 0.603. The van der Waals surface area contributed by atoms with Crippen LogP contribution in [0.25, 0.3) is 0 Å². The normalized spacial score (nSPS) is 19.3. The maximum Gasteiger partial charge on any atom is 0.0474 e. The lowest BCUT2D eigenvalue weighted by Crippen LogP contribution is -2.46. The molecule has 2 atom stereocenters. The molecule has 21 heavy (non-hydrogen) atoms. The smallest absolute Gasteiger partial charge is 0.0474 e. The zero-order valence-electron chi connectivity index (χ0n) is 13.7. The number of rotatable bonds is 5. The van der Waals surface area contributed by atoms with Crippen LogP contribution in [-0.2, 0) is 0 Å². The fourth-order valence-corrected chi connectivity index (χ4v) is 3.37. The van der Waals surface area contributed by atoms with E-state index in [0.717, 1.165) is 36.9 Å². The van der Waals surface area contributed by atoms with E-state index in [4.69, 9.17) is 11.6 Å². The number of hydrogen-bond donors (Lipinski definition) is 1. The van der Waals surface area contributed by atoms with Gasteiger partial charge in [0.15, 0.2) is 0 Å². The zero-order valence-corrected chi connectivity index (χ0v) is 14.5. The van der Waals surface area contributed by atoms with Crippen molar-refractivity contribution in [2.24, 2.45) is 5.92 Å². The summed E-state index contributed by atoms with van der Waals surface area (Å²) < 4.78 is 0. The third kappa shape index (κ3) is 3.91. The highest BCUT2D eigenvalue weighted by Gasteiger charge is 2.28. The van der Waals surface area contributed by atoms with E-state index in [9.17, 15) is 0 Å². The van der Waals surface area contributed by atoms with Gasteiger partial charge in [0.05, 0.1) is 0 Å². The summed E-state index contributed by atoms with van der Waals surface area (Å²) in [5.41, 5.74) is 2.44. The molecule has 0 radical (unpaired) electrons. The van der Waals surface area contributed by atoms with Crippen molar-refractivity contribution in [3.05, 3.63) is 28.8 Å². The van der Waals surface area contributed by atoms with Crippen molar-refractivity contribution in [2.45, 2.75) is 26.3 Å². The molecular weight excluding hydrogens is 282 g/mol. The van der Waals surface area contributed by atoms with Crippen LogP contribution in [0.1, 0.15) is 31.9 Å². The van der Waals surface area contributed by atoms with E-state index in [1.807, 2.05) is 14.1 Å². The van der Waals surface area contributed by atoms with Gasteiger partial charge in [-0.25, -0.2) is 0 Å². The molecule has 1 aromatic carbocycles. The fraction of sp³-hybridized carbons (Fsp3) is 0.647. The predicted octanol–water partition coefficient (Wildman–Crippen LogP) is 3.40. The van der Waals surface area contributed by atoms with Crippen molar-refractivity contribution in [1.82, 2.24) is 10.2 Å². The molecule has 0 aliphatic carbocycles. The quantitative estimate of drug-likeness (QED) is 0.899. The molecule has 4 heteroatoms. The Hall–Kier alpha value is -0.770. The van der Waals surface area contributed by atoms with Crippen LogP contribution < -0.4 is 10.2 Å². The van der Waals surface area contributed by atoms with Gasteiger partial charge >= 0.3 is 0 Å². The number of anilines is 1. The molecule has 0 aromatic heterocycles. The molecule has 118 valence electrons. The Kier molecular flexibility index (Phi) is 5.91. The van der Waals surface area contributed by atoms with Crippen molar-refractivity contribution in [2.75, 3.05) is 45.2 Å². The van der Waals surface area contributed by atoms with Crippen molar-refractivity contribution in [3.63, 3.8) is 0 Å². The van der Waals surface area contributed by atoms with Gasteiger partial charge < -0.3 is 10.2 Å². The predicted molar refractivity (Wildman–Crippen MR) is 92.4 cm³/mol. The maximum absolute atomic E-state index is 6.62. The summed E-state index contributed by atoms with van der Waals surface area (Å²) in [7, 11) is 4.10. The molecule has 0 spiro atoms. The molecule has 1 unspecified atom stereocenters. The van der Waals surface area contributed by atoms with Crippen LogP contribution in [0.15, 0.2) is 18.2 Å². The van der Waals surface area contributed by atoms with Crippen molar-refractivity contribution in [1.29, 1.82) is 0 Å². The molecule has 2 rings (SSSR count). The monoisotopic (exact) mass is 309 g/mol. The highest BCUT2D eigenvalue weighted by molar-refractivity contribution is 6.31. The van der Waals surface area contributed by atoms with Gasteiger partial charge in [0.25, 0.3) is 0 Å². The van der Waals surface area contributed by atoms with Gasteiger partial charge in [0, 0.05) is 57.0 Å². The molecule has 1 saturated heterocycles. The second kappa shape index (κ2) is 7.48. The zero-order chi connectivity index (χ0) is 15.4. The molecule has 1 fully saturated rings. The van der Waals surface area contributed by atoms with Crippen molar-refractivity contribution < 1.29 is 0 Å². The number of nitrogens with zero attached hydrogens (tertiary/aromatic N) is 2. The fourth-order valence-electron chi connectivity index (χ4n) is 3.08. The van der Waals surface area contributed by atoms with Gasteiger partial charge in [-0.1, -0.05) is 37.9 Å². The molecule has 1 aromatic rings. The summed E-state index contributed by atoms with van der Waals surface area (Å²) in [4.78, 5) is 4.68. The van der Waals surface area contributed by atoms with Gasteiger partial charge in [-0.05, 0) is 23.6 Å². The lowest BCUT2D eigenvalue weighted by Gasteiger charge is -2.39. The van der Waals surface area contributed by atoms with E-state index >= 15 is 0 Å².